The molecule has 2 atom stereocenters. The van der Waals surface area contributed by atoms with Crippen LogP contribution >= 0.6 is 0 Å². The Hall–Kier alpha value is -3.51. The maximum atomic E-state index is 11.6. The minimum Gasteiger partial charge on any atom is -0.493 e. The van der Waals surface area contributed by atoms with Crippen LogP contribution in [0.4, 0.5) is 11.4 Å². The molecule has 0 aliphatic carbocycles. The van der Waals surface area contributed by atoms with Gasteiger partial charge in [-0.2, -0.15) is 0 Å². The van der Waals surface area contributed by atoms with Crippen LogP contribution in [0.5, 0.6) is 17.2 Å². The first-order valence-electron chi connectivity index (χ1n) is 12.4. The molecule has 2 unspecified atom stereocenters. The number of carboxylic acid groups (broad SMARTS) is 1. The molecular formula is C29H30N2O4. The predicted molar refractivity (Wildman–Crippen MR) is 135 cm³/mol. The van der Waals surface area contributed by atoms with Gasteiger partial charge in [-0.3, -0.25) is 4.90 Å². The molecular weight excluding hydrogens is 440 g/mol. The maximum absolute atomic E-state index is 11.6. The van der Waals surface area contributed by atoms with Crippen molar-refractivity contribution >= 4 is 17.3 Å². The molecule has 2 fully saturated rings. The first-order chi connectivity index (χ1) is 17.1. The van der Waals surface area contributed by atoms with Crippen LogP contribution in [0.15, 0.2) is 66.7 Å². The van der Waals surface area contributed by atoms with E-state index in [1.807, 2.05) is 18.2 Å². The lowest BCUT2D eigenvalue weighted by Crippen LogP contribution is -2.50. The average Bonchev–Trinajstić information content (AvgIpc) is 3.12. The van der Waals surface area contributed by atoms with E-state index in [-0.39, 0.29) is 5.56 Å². The molecule has 35 heavy (non-hydrogen) atoms. The summed E-state index contributed by atoms with van der Waals surface area (Å²) in [6.45, 7) is 1.10. The van der Waals surface area contributed by atoms with Crippen molar-refractivity contribution < 1.29 is 19.4 Å². The van der Waals surface area contributed by atoms with Gasteiger partial charge in [0.1, 0.15) is 0 Å². The Kier molecular flexibility index (Phi) is 5.61. The van der Waals surface area contributed by atoms with E-state index in [0.29, 0.717) is 35.4 Å². The minimum atomic E-state index is -0.960. The van der Waals surface area contributed by atoms with Gasteiger partial charge in [-0.05, 0) is 68.0 Å². The van der Waals surface area contributed by atoms with Gasteiger partial charge in [0.25, 0.3) is 0 Å². The number of hydrogen-bond donors (Lipinski definition) is 1. The van der Waals surface area contributed by atoms with E-state index < -0.39 is 5.97 Å². The smallest absolute Gasteiger partial charge is 0.335 e. The summed E-state index contributed by atoms with van der Waals surface area (Å²) in [7, 11) is 1.64. The van der Waals surface area contributed by atoms with Gasteiger partial charge >= 0.3 is 5.97 Å². The topological polar surface area (TPSA) is 62.2 Å². The molecule has 3 heterocycles. The van der Waals surface area contributed by atoms with Crippen LogP contribution in [-0.4, -0.2) is 47.8 Å². The van der Waals surface area contributed by atoms with E-state index in [1.165, 1.54) is 18.4 Å². The third kappa shape index (κ3) is 3.92. The SMILES string of the molecule is COc1cccc2c1Oc1cc(C(=O)O)ccc1N2C1CC2CCC(C1)N2CCc1ccccc1. The molecule has 3 aliphatic heterocycles. The highest BCUT2D eigenvalue weighted by Crippen LogP contribution is 2.53. The zero-order chi connectivity index (χ0) is 23.9. The van der Waals surface area contributed by atoms with Gasteiger partial charge in [0.2, 0.25) is 0 Å². The summed E-state index contributed by atoms with van der Waals surface area (Å²) < 4.78 is 11.9. The van der Waals surface area contributed by atoms with Crippen molar-refractivity contribution in [2.75, 3.05) is 18.6 Å². The van der Waals surface area contributed by atoms with Crippen LogP contribution in [0, 0.1) is 0 Å². The Balaban J connectivity index is 1.31. The third-order valence-electron chi connectivity index (χ3n) is 7.84. The number of hydrogen-bond acceptors (Lipinski definition) is 5. The second kappa shape index (κ2) is 8.93. The van der Waals surface area contributed by atoms with Gasteiger partial charge in [0, 0.05) is 24.7 Å². The molecule has 2 saturated heterocycles. The summed E-state index contributed by atoms with van der Waals surface area (Å²) in [5, 5.41) is 9.54. The second-order valence-corrected chi connectivity index (χ2v) is 9.75. The summed E-state index contributed by atoms with van der Waals surface area (Å²) in [5.41, 5.74) is 3.53. The van der Waals surface area contributed by atoms with E-state index in [4.69, 9.17) is 9.47 Å². The Morgan fingerprint density at radius 1 is 0.971 bits per heavy atom. The molecule has 0 amide bonds. The number of carbonyl (C=O) groups is 1. The van der Waals surface area contributed by atoms with E-state index in [0.717, 1.165) is 37.2 Å². The number of fused-ring (bicyclic) bond motifs is 4. The lowest BCUT2D eigenvalue weighted by molar-refractivity contribution is 0.0696. The third-order valence-corrected chi connectivity index (χ3v) is 7.84. The van der Waals surface area contributed by atoms with E-state index in [1.54, 1.807) is 19.2 Å². The van der Waals surface area contributed by atoms with Crippen molar-refractivity contribution in [3.05, 3.63) is 77.9 Å². The van der Waals surface area contributed by atoms with Crippen molar-refractivity contribution in [3.8, 4) is 17.2 Å². The molecule has 2 bridgehead atoms. The lowest BCUT2D eigenvalue weighted by atomic mass is 9.93. The molecule has 3 aromatic rings. The molecule has 1 N–H and O–H groups in total. The highest BCUT2D eigenvalue weighted by atomic mass is 16.5. The van der Waals surface area contributed by atoms with E-state index in [2.05, 4.69) is 46.2 Å². The van der Waals surface area contributed by atoms with Crippen LogP contribution in [0.25, 0.3) is 0 Å². The number of anilines is 2. The normalized spacial score (nSPS) is 22.8. The zero-order valence-corrected chi connectivity index (χ0v) is 19.9. The fraction of sp³-hybridized carbons (Fsp3) is 0.345. The summed E-state index contributed by atoms with van der Waals surface area (Å²) in [5.74, 6) is 0.922. The van der Waals surface area contributed by atoms with Gasteiger partial charge < -0.3 is 19.5 Å². The Morgan fingerprint density at radius 2 is 1.74 bits per heavy atom. The predicted octanol–water partition coefficient (Wildman–Crippen LogP) is 5.88. The minimum absolute atomic E-state index is 0.220. The fourth-order valence-corrected chi connectivity index (χ4v) is 6.24. The molecule has 0 aromatic heterocycles. The number of nitrogens with zero attached hydrogens (tertiary/aromatic N) is 2. The zero-order valence-electron chi connectivity index (χ0n) is 19.9. The van der Waals surface area contributed by atoms with Gasteiger partial charge in [-0.15, -0.1) is 0 Å². The molecule has 6 heteroatoms. The summed E-state index contributed by atoms with van der Waals surface area (Å²) in [4.78, 5) is 16.7. The number of benzene rings is 3. The van der Waals surface area contributed by atoms with E-state index in [9.17, 15) is 9.90 Å². The molecule has 3 aliphatic rings. The lowest BCUT2D eigenvalue weighted by Gasteiger charge is -2.46. The summed E-state index contributed by atoms with van der Waals surface area (Å²) in [6, 6.07) is 23.3. The molecule has 180 valence electrons. The molecule has 6 rings (SSSR count). The van der Waals surface area contributed by atoms with Crippen LogP contribution < -0.4 is 14.4 Å². The molecule has 0 radical (unpaired) electrons. The largest absolute Gasteiger partial charge is 0.493 e. The van der Waals surface area contributed by atoms with Crippen LogP contribution in [-0.2, 0) is 6.42 Å². The number of piperidine rings is 1. The Bertz CT molecular complexity index is 1230. The first-order valence-corrected chi connectivity index (χ1v) is 12.4. The number of methoxy groups -OCH3 is 1. The van der Waals surface area contributed by atoms with Gasteiger partial charge in [0.05, 0.1) is 24.0 Å². The van der Waals surface area contributed by atoms with E-state index >= 15 is 0 Å². The highest BCUT2D eigenvalue weighted by Gasteiger charge is 2.44. The number of rotatable bonds is 6. The van der Waals surface area contributed by atoms with Gasteiger partial charge in [-0.1, -0.05) is 36.4 Å². The number of ether oxygens (including phenoxy) is 2. The van der Waals surface area contributed by atoms with Gasteiger partial charge in [-0.25, -0.2) is 4.79 Å². The van der Waals surface area contributed by atoms with Crippen molar-refractivity contribution in [1.29, 1.82) is 0 Å². The second-order valence-electron chi connectivity index (χ2n) is 9.75. The highest BCUT2D eigenvalue weighted by molar-refractivity contribution is 5.91. The quantitative estimate of drug-likeness (QED) is 0.486. The fourth-order valence-electron chi connectivity index (χ4n) is 6.24. The number of carboxylic acids is 1. The average molecular weight is 471 g/mol. The monoisotopic (exact) mass is 470 g/mol. The molecule has 0 spiro atoms. The molecule has 3 aromatic carbocycles. The molecule has 0 saturated carbocycles. The Labute approximate surface area is 205 Å². The Morgan fingerprint density at radius 3 is 2.46 bits per heavy atom. The van der Waals surface area contributed by atoms with Crippen molar-refractivity contribution in [2.24, 2.45) is 0 Å². The number of aromatic carboxylic acids is 1. The van der Waals surface area contributed by atoms with Crippen LogP contribution in [0.3, 0.4) is 0 Å². The van der Waals surface area contributed by atoms with Crippen LogP contribution in [0.2, 0.25) is 0 Å². The maximum Gasteiger partial charge on any atom is 0.335 e. The molecule has 6 nitrogen and oxygen atoms in total. The van der Waals surface area contributed by atoms with Crippen molar-refractivity contribution in [2.45, 2.75) is 50.2 Å². The summed E-state index contributed by atoms with van der Waals surface area (Å²) in [6.07, 6.45) is 5.69. The van der Waals surface area contributed by atoms with Gasteiger partial charge in [0.15, 0.2) is 17.2 Å². The van der Waals surface area contributed by atoms with Crippen LogP contribution in [0.1, 0.15) is 41.6 Å². The van der Waals surface area contributed by atoms with Crippen molar-refractivity contribution in [3.63, 3.8) is 0 Å². The number of para-hydroxylation sites is 1. The standard InChI is InChI=1S/C29H30N2O4/c1-34-26-9-5-8-25-28(26)35-27-16-20(29(32)33)10-13-24(27)31(25)23-17-21-11-12-22(18-23)30(21)15-14-19-6-3-2-4-7-19/h2-10,13,16,21-23H,11-12,14-15,17-18H2,1H3,(H,32,33). The first kappa shape index (κ1) is 22.0. The summed E-state index contributed by atoms with van der Waals surface area (Å²) >= 11 is 0. The van der Waals surface area contributed by atoms with Crippen molar-refractivity contribution in [1.82, 2.24) is 4.90 Å².